The highest BCUT2D eigenvalue weighted by Crippen LogP contribution is 2.36. The van der Waals surface area contributed by atoms with Crippen LogP contribution in [0.4, 0.5) is 18.9 Å². The van der Waals surface area contributed by atoms with Crippen molar-refractivity contribution in [3.05, 3.63) is 64.2 Å². The van der Waals surface area contributed by atoms with Gasteiger partial charge in [0.25, 0.3) is 5.91 Å². The van der Waals surface area contributed by atoms with Gasteiger partial charge in [-0.3, -0.25) is 4.79 Å². The lowest BCUT2D eigenvalue weighted by atomic mass is 10.1. The molecule has 2 aromatic rings. The number of thioether (sulfide) groups is 1. The normalized spacial score (nSPS) is 11.3. The van der Waals surface area contributed by atoms with Crippen molar-refractivity contribution in [2.24, 2.45) is 0 Å². The van der Waals surface area contributed by atoms with Crippen LogP contribution in [0.5, 0.6) is 0 Å². The van der Waals surface area contributed by atoms with Crippen LogP contribution in [0.25, 0.3) is 0 Å². The van der Waals surface area contributed by atoms with Crippen LogP contribution in [-0.2, 0) is 11.9 Å². The summed E-state index contributed by atoms with van der Waals surface area (Å²) in [5.41, 5.74) is 0.505. The number of benzene rings is 2. The van der Waals surface area contributed by atoms with Gasteiger partial charge in [-0.1, -0.05) is 23.7 Å². The second-order valence-electron chi connectivity index (χ2n) is 4.78. The quantitative estimate of drug-likeness (QED) is 0.783. The number of amides is 1. The third-order valence-corrected chi connectivity index (χ3v) is 4.01. The predicted octanol–water partition coefficient (Wildman–Crippen LogP) is 5.47. The van der Waals surface area contributed by atoms with E-state index >= 15 is 0 Å². The summed E-state index contributed by atoms with van der Waals surface area (Å²) in [5.74, 6) is 0.352. The molecule has 0 unspecified atom stereocenters. The van der Waals surface area contributed by atoms with Crippen LogP contribution in [0.1, 0.15) is 21.5 Å². The minimum Gasteiger partial charge on any atom is -0.322 e. The fraction of sp³-hybridized carbons (Fsp3) is 0.188. The lowest BCUT2D eigenvalue weighted by molar-refractivity contribution is -0.137. The highest BCUT2D eigenvalue weighted by molar-refractivity contribution is 7.97. The van der Waals surface area contributed by atoms with Crippen LogP contribution in [0.3, 0.4) is 0 Å². The van der Waals surface area contributed by atoms with Gasteiger partial charge in [0.1, 0.15) is 0 Å². The third kappa shape index (κ3) is 4.65. The zero-order valence-electron chi connectivity index (χ0n) is 12.1. The van der Waals surface area contributed by atoms with E-state index in [1.807, 2.05) is 18.4 Å². The smallest absolute Gasteiger partial charge is 0.322 e. The summed E-state index contributed by atoms with van der Waals surface area (Å²) in [6.45, 7) is 0. The van der Waals surface area contributed by atoms with Crippen molar-refractivity contribution in [1.82, 2.24) is 0 Å². The van der Waals surface area contributed by atoms with E-state index in [9.17, 15) is 18.0 Å². The van der Waals surface area contributed by atoms with E-state index in [-0.39, 0.29) is 5.69 Å². The number of hydrogen-bond acceptors (Lipinski definition) is 2. The lowest BCUT2D eigenvalue weighted by Gasteiger charge is -2.12. The first kappa shape index (κ1) is 17.7. The van der Waals surface area contributed by atoms with E-state index < -0.39 is 22.7 Å². The maximum absolute atomic E-state index is 12.8. The number of carbonyl (C=O) groups excluding carboxylic acids is 1. The average molecular weight is 360 g/mol. The van der Waals surface area contributed by atoms with Gasteiger partial charge in [0.05, 0.1) is 10.6 Å². The van der Waals surface area contributed by atoms with E-state index in [2.05, 4.69) is 5.32 Å². The van der Waals surface area contributed by atoms with Crippen LogP contribution in [0.2, 0.25) is 5.02 Å². The fourth-order valence-corrected chi connectivity index (χ4v) is 2.69. The van der Waals surface area contributed by atoms with Gasteiger partial charge in [0.15, 0.2) is 0 Å². The van der Waals surface area contributed by atoms with Gasteiger partial charge in [-0.2, -0.15) is 24.9 Å². The SMILES string of the molecule is CSCc1ccc(C(=O)Nc2ccc(Cl)c(C(F)(F)F)c2)cc1. The van der Waals surface area contributed by atoms with Crippen molar-refractivity contribution >= 4 is 35.0 Å². The first-order valence-electron chi connectivity index (χ1n) is 6.57. The number of anilines is 1. The molecule has 1 amide bonds. The predicted molar refractivity (Wildman–Crippen MR) is 88.1 cm³/mol. The third-order valence-electron chi connectivity index (χ3n) is 3.06. The Morgan fingerprint density at radius 3 is 2.39 bits per heavy atom. The number of carbonyl (C=O) groups is 1. The van der Waals surface area contributed by atoms with Crippen LogP contribution in [0, 0.1) is 0 Å². The summed E-state index contributed by atoms with van der Waals surface area (Å²) < 4.78 is 38.4. The molecule has 0 heterocycles. The Morgan fingerprint density at radius 1 is 1.17 bits per heavy atom. The molecule has 0 aliphatic carbocycles. The maximum atomic E-state index is 12.8. The van der Waals surface area contributed by atoms with Crippen molar-refractivity contribution in [1.29, 1.82) is 0 Å². The maximum Gasteiger partial charge on any atom is 0.417 e. The molecule has 0 radical (unpaired) electrons. The second kappa shape index (κ2) is 7.27. The zero-order chi connectivity index (χ0) is 17.0. The van der Waals surface area contributed by atoms with Crippen LogP contribution >= 0.6 is 23.4 Å². The number of nitrogens with one attached hydrogen (secondary N) is 1. The fourth-order valence-electron chi connectivity index (χ4n) is 1.94. The van der Waals surface area contributed by atoms with Crippen LogP contribution in [-0.4, -0.2) is 12.2 Å². The molecule has 0 aliphatic rings. The summed E-state index contributed by atoms with van der Waals surface area (Å²) >= 11 is 7.20. The van der Waals surface area contributed by atoms with Crippen molar-refractivity contribution in [2.75, 3.05) is 11.6 Å². The molecule has 0 saturated carbocycles. The Balaban J connectivity index is 2.17. The average Bonchev–Trinajstić information content (AvgIpc) is 2.49. The molecular weight excluding hydrogens is 347 g/mol. The number of alkyl halides is 3. The van der Waals surface area contributed by atoms with Gasteiger partial charge in [-0.25, -0.2) is 0 Å². The molecule has 7 heteroatoms. The topological polar surface area (TPSA) is 29.1 Å². The number of rotatable bonds is 4. The Bertz CT molecular complexity index is 701. The Morgan fingerprint density at radius 2 is 1.83 bits per heavy atom. The molecule has 0 atom stereocenters. The van der Waals surface area contributed by atoms with E-state index in [4.69, 9.17) is 11.6 Å². The summed E-state index contributed by atoms with van der Waals surface area (Å²) in [5, 5.41) is 2.04. The van der Waals surface area contributed by atoms with Crippen molar-refractivity contribution < 1.29 is 18.0 Å². The standard InChI is InChI=1S/C16H13ClF3NOS/c1-23-9-10-2-4-11(5-3-10)15(22)21-12-6-7-14(17)13(8-12)16(18,19)20/h2-8H,9H2,1H3,(H,21,22). The summed E-state index contributed by atoms with van der Waals surface area (Å²) in [6.07, 6.45) is -2.60. The Hall–Kier alpha value is -1.66. The molecule has 0 bridgehead atoms. The van der Waals surface area contributed by atoms with Crippen molar-refractivity contribution in [2.45, 2.75) is 11.9 Å². The largest absolute Gasteiger partial charge is 0.417 e. The van der Waals surface area contributed by atoms with Crippen molar-refractivity contribution in [3.8, 4) is 0 Å². The number of hydrogen-bond donors (Lipinski definition) is 1. The van der Waals surface area contributed by atoms with Crippen LogP contribution < -0.4 is 5.32 Å². The molecular formula is C16H13ClF3NOS. The molecule has 0 saturated heterocycles. The van der Waals surface area contributed by atoms with Gasteiger partial charge in [-0.05, 0) is 42.2 Å². The molecule has 23 heavy (non-hydrogen) atoms. The summed E-state index contributed by atoms with van der Waals surface area (Å²) in [6, 6.07) is 10.2. The first-order valence-corrected chi connectivity index (χ1v) is 8.34. The van der Waals surface area contributed by atoms with E-state index in [0.717, 1.165) is 23.4 Å². The van der Waals surface area contributed by atoms with Gasteiger partial charge in [0.2, 0.25) is 0 Å². The highest BCUT2D eigenvalue weighted by Gasteiger charge is 2.33. The molecule has 0 aliphatic heterocycles. The molecule has 1 N–H and O–H groups in total. The van der Waals surface area contributed by atoms with Gasteiger partial charge >= 0.3 is 6.18 Å². The molecule has 0 aromatic heterocycles. The minimum atomic E-state index is -4.57. The molecule has 0 spiro atoms. The van der Waals surface area contributed by atoms with Gasteiger partial charge in [0, 0.05) is 17.0 Å². The van der Waals surface area contributed by atoms with E-state index in [1.54, 1.807) is 23.9 Å². The first-order chi connectivity index (χ1) is 10.8. The summed E-state index contributed by atoms with van der Waals surface area (Å²) in [7, 11) is 0. The van der Waals surface area contributed by atoms with Gasteiger partial charge in [-0.15, -0.1) is 0 Å². The molecule has 2 rings (SSSR count). The monoisotopic (exact) mass is 359 g/mol. The second-order valence-corrected chi connectivity index (χ2v) is 6.05. The summed E-state index contributed by atoms with van der Waals surface area (Å²) in [4.78, 5) is 12.1. The molecule has 0 fully saturated rings. The highest BCUT2D eigenvalue weighted by atomic mass is 35.5. The molecule has 122 valence electrons. The van der Waals surface area contributed by atoms with Crippen LogP contribution in [0.15, 0.2) is 42.5 Å². The Kier molecular flexibility index (Phi) is 5.59. The molecule has 2 nitrogen and oxygen atoms in total. The van der Waals surface area contributed by atoms with E-state index in [0.29, 0.717) is 5.56 Å². The Labute approximate surface area is 141 Å². The van der Waals surface area contributed by atoms with E-state index in [1.165, 1.54) is 6.07 Å². The van der Waals surface area contributed by atoms with Gasteiger partial charge < -0.3 is 5.32 Å². The van der Waals surface area contributed by atoms with Crippen molar-refractivity contribution in [3.63, 3.8) is 0 Å². The lowest BCUT2D eigenvalue weighted by Crippen LogP contribution is -2.13. The minimum absolute atomic E-state index is 0.0416. The zero-order valence-corrected chi connectivity index (χ0v) is 13.6. The number of halogens is 4. The molecule has 2 aromatic carbocycles.